The van der Waals surface area contributed by atoms with E-state index in [0.717, 1.165) is 5.52 Å². The summed E-state index contributed by atoms with van der Waals surface area (Å²) < 4.78 is 20.1. The lowest BCUT2D eigenvalue weighted by Gasteiger charge is -2.05. The molecule has 100 valence electrons. The average molecular weight is 261 g/mol. The number of aromatic nitrogens is 1. The Kier molecular flexibility index (Phi) is 4.00. The van der Waals surface area contributed by atoms with Crippen molar-refractivity contribution in [2.75, 3.05) is 7.11 Å². The van der Waals surface area contributed by atoms with Crippen molar-refractivity contribution in [2.24, 2.45) is 0 Å². The zero-order chi connectivity index (χ0) is 13.8. The lowest BCUT2D eigenvalue weighted by Crippen LogP contribution is -2.05. The molecule has 2 rings (SSSR count). The van der Waals surface area contributed by atoms with Gasteiger partial charge in [-0.25, -0.2) is 9.18 Å². The van der Waals surface area contributed by atoms with Crippen molar-refractivity contribution >= 4 is 16.9 Å². The molecule has 0 fully saturated rings. The van der Waals surface area contributed by atoms with Gasteiger partial charge in [0.05, 0.1) is 12.6 Å². The molecule has 0 bridgehead atoms. The van der Waals surface area contributed by atoms with Crippen LogP contribution in [0.2, 0.25) is 0 Å². The molecule has 19 heavy (non-hydrogen) atoms. The van der Waals surface area contributed by atoms with Gasteiger partial charge in [0, 0.05) is 23.7 Å². The highest BCUT2D eigenvalue weighted by molar-refractivity contribution is 5.88. The summed E-state index contributed by atoms with van der Waals surface area (Å²) in [6, 6.07) is 6.71. The van der Waals surface area contributed by atoms with Gasteiger partial charge in [0.1, 0.15) is 5.82 Å². The number of carbonyl (C=O) groups excluding carboxylic acids is 1. The molecule has 0 aliphatic rings. The Morgan fingerprint density at radius 1 is 1.42 bits per heavy atom. The van der Waals surface area contributed by atoms with Gasteiger partial charge in [-0.3, -0.25) is 0 Å². The van der Waals surface area contributed by atoms with E-state index in [4.69, 9.17) is 4.74 Å². The number of halogens is 1. The van der Waals surface area contributed by atoms with Crippen LogP contribution in [0.1, 0.15) is 13.3 Å². The smallest absolute Gasteiger partial charge is 0.333 e. The lowest BCUT2D eigenvalue weighted by molar-refractivity contribution is -0.136. The van der Waals surface area contributed by atoms with Crippen LogP contribution < -0.4 is 0 Å². The highest BCUT2D eigenvalue weighted by atomic mass is 19.1. The van der Waals surface area contributed by atoms with Gasteiger partial charge in [-0.15, -0.1) is 0 Å². The second-order valence-electron chi connectivity index (χ2n) is 4.22. The number of carbonyl (C=O) groups is 1. The monoisotopic (exact) mass is 261 g/mol. The largest absolute Gasteiger partial charge is 0.466 e. The Hall–Kier alpha value is -2.10. The topological polar surface area (TPSA) is 31.2 Å². The number of fused-ring (bicyclic) bond motifs is 1. The van der Waals surface area contributed by atoms with Gasteiger partial charge in [0.15, 0.2) is 0 Å². The number of allylic oxidation sites excluding steroid dienone is 1. The maximum absolute atomic E-state index is 13.5. The summed E-state index contributed by atoms with van der Waals surface area (Å²) in [6.07, 6.45) is 4.24. The molecule has 1 aromatic carbocycles. The number of hydrogen-bond donors (Lipinski definition) is 0. The molecular formula is C15H16FNO2. The van der Waals surface area contributed by atoms with Crippen LogP contribution in [0.25, 0.3) is 10.9 Å². The first-order chi connectivity index (χ1) is 9.17. The van der Waals surface area contributed by atoms with Crippen molar-refractivity contribution in [2.45, 2.75) is 19.9 Å². The van der Waals surface area contributed by atoms with Crippen molar-refractivity contribution in [3.63, 3.8) is 0 Å². The number of ether oxygens (including phenoxy) is 1. The second kappa shape index (κ2) is 5.69. The van der Waals surface area contributed by atoms with Gasteiger partial charge in [0.25, 0.3) is 0 Å². The summed E-state index contributed by atoms with van der Waals surface area (Å²) in [7, 11) is 1.37. The SMILES string of the molecule is CC/C(=C/Cn1ccc2c(F)cccc21)C(=O)OC. The predicted octanol–water partition coefficient (Wildman–Crippen LogP) is 3.29. The van der Waals surface area contributed by atoms with Crippen LogP contribution in [0.15, 0.2) is 42.1 Å². The van der Waals surface area contributed by atoms with Gasteiger partial charge in [0.2, 0.25) is 0 Å². The summed E-state index contributed by atoms with van der Waals surface area (Å²) in [6.45, 7) is 2.42. The van der Waals surface area contributed by atoms with E-state index in [0.29, 0.717) is 23.9 Å². The average Bonchev–Trinajstić information content (AvgIpc) is 2.84. The van der Waals surface area contributed by atoms with Crippen LogP contribution >= 0.6 is 0 Å². The Balaban J connectivity index is 2.29. The Morgan fingerprint density at radius 3 is 2.89 bits per heavy atom. The molecule has 0 aliphatic heterocycles. The molecule has 0 amide bonds. The van der Waals surface area contributed by atoms with Crippen LogP contribution in [-0.2, 0) is 16.1 Å². The summed E-state index contributed by atoms with van der Waals surface area (Å²) in [5.41, 5.74) is 1.44. The zero-order valence-corrected chi connectivity index (χ0v) is 11.0. The molecule has 3 nitrogen and oxygen atoms in total. The van der Waals surface area contributed by atoms with Crippen molar-refractivity contribution in [3.05, 3.63) is 47.9 Å². The molecule has 1 heterocycles. The normalized spacial score (nSPS) is 11.8. The van der Waals surface area contributed by atoms with Crippen molar-refractivity contribution < 1.29 is 13.9 Å². The van der Waals surface area contributed by atoms with E-state index < -0.39 is 0 Å². The number of hydrogen-bond acceptors (Lipinski definition) is 2. The van der Waals surface area contributed by atoms with E-state index >= 15 is 0 Å². The maximum Gasteiger partial charge on any atom is 0.333 e. The Bertz CT molecular complexity index is 628. The van der Waals surface area contributed by atoms with E-state index in [1.807, 2.05) is 29.8 Å². The third kappa shape index (κ3) is 2.67. The lowest BCUT2D eigenvalue weighted by atomic mass is 10.2. The van der Waals surface area contributed by atoms with Crippen molar-refractivity contribution in [1.82, 2.24) is 4.57 Å². The molecular weight excluding hydrogens is 245 g/mol. The van der Waals surface area contributed by atoms with Crippen LogP contribution in [0.5, 0.6) is 0 Å². The first kappa shape index (κ1) is 13.3. The summed E-state index contributed by atoms with van der Waals surface area (Å²) in [5, 5.41) is 0.590. The summed E-state index contributed by atoms with van der Waals surface area (Å²) in [4.78, 5) is 11.5. The number of nitrogens with zero attached hydrogens (tertiary/aromatic N) is 1. The minimum Gasteiger partial charge on any atom is -0.466 e. The van der Waals surface area contributed by atoms with E-state index in [-0.39, 0.29) is 11.8 Å². The third-order valence-electron chi connectivity index (χ3n) is 3.12. The highest BCUT2D eigenvalue weighted by Crippen LogP contribution is 2.19. The molecule has 0 unspecified atom stereocenters. The number of esters is 1. The van der Waals surface area contributed by atoms with Gasteiger partial charge in [-0.2, -0.15) is 0 Å². The van der Waals surface area contributed by atoms with Gasteiger partial charge < -0.3 is 9.30 Å². The van der Waals surface area contributed by atoms with E-state index in [9.17, 15) is 9.18 Å². The van der Waals surface area contributed by atoms with Crippen LogP contribution in [0.3, 0.4) is 0 Å². The molecule has 2 aromatic rings. The Labute approximate surface area is 111 Å². The molecule has 0 spiro atoms. The van der Waals surface area contributed by atoms with E-state index in [1.54, 1.807) is 12.1 Å². The first-order valence-corrected chi connectivity index (χ1v) is 6.18. The zero-order valence-electron chi connectivity index (χ0n) is 11.0. The molecule has 0 aliphatic carbocycles. The van der Waals surface area contributed by atoms with Crippen LogP contribution in [0, 0.1) is 5.82 Å². The molecule has 0 saturated carbocycles. The number of benzene rings is 1. The predicted molar refractivity (Wildman–Crippen MR) is 72.3 cm³/mol. The molecule has 1 aromatic heterocycles. The number of methoxy groups -OCH3 is 1. The molecule has 4 heteroatoms. The van der Waals surface area contributed by atoms with Gasteiger partial charge >= 0.3 is 5.97 Å². The molecule has 0 saturated heterocycles. The fourth-order valence-corrected chi connectivity index (χ4v) is 2.06. The fourth-order valence-electron chi connectivity index (χ4n) is 2.06. The molecule has 0 radical (unpaired) electrons. The first-order valence-electron chi connectivity index (χ1n) is 6.18. The minimum absolute atomic E-state index is 0.232. The number of rotatable bonds is 4. The quantitative estimate of drug-likeness (QED) is 0.624. The summed E-state index contributed by atoms with van der Waals surface area (Å²) in [5.74, 6) is -0.547. The highest BCUT2D eigenvalue weighted by Gasteiger charge is 2.08. The standard InChI is InChI=1S/C15H16FNO2/c1-3-11(15(18)19-2)7-9-17-10-8-12-13(16)5-4-6-14(12)17/h4-8,10H,3,9H2,1-2H3/b11-7-. The Morgan fingerprint density at radius 2 is 2.21 bits per heavy atom. The van der Waals surface area contributed by atoms with Crippen LogP contribution in [0.4, 0.5) is 4.39 Å². The minimum atomic E-state index is -0.315. The van der Waals surface area contributed by atoms with E-state index in [1.165, 1.54) is 13.2 Å². The molecule has 0 N–H and O–H groups in total. The third-order valence-corrected chi connectivity index (χ3v) is 3.12. The summed E-state index contributed by atoms with van der Waals surface area (Å²) >= 11 is 0. The second-order valence-corrected chi connectivity index (χ2v) is 4.22. The molecule has 0 atom stereocenters. The van der Waals surface area contributed by atoms with Gasteiger partial charge in [-0.1, -0.05) is 19.1 Å². The van der Waals surface area contributed by atoms with Crippen LogP contribution in [-0.4, -0.2) is 17.6 Å². The fraction of sp³-hybridized carbons (Fsp3) is 0.267. The van der Waals surface area contributed by atoms with Crippen molar-refractivity contribution in [3.8, 4) is 0 Å². The maximum atomic E-state index is 13.5. The van der Waals surface area contributed by atoms with Gasteiger partial charge in [-0.05, 0) is 24.6 Å². The van der Waals surface area contributed by atoms with E-state index in [2.05, 4.69) is 0 Å². The van der Waals surface area contributed by atoms with Crippen molar-refractivity contribution in [1.29, 1.82) is 0 Å².